The van der Waals surface area contributed by atoms with Crippen molar-refractivity contribution in [3.63, 3.8) is 0 Å². The molecule has 1 aromatic carbocycles. The summed E-state index contributed by atoms with van der Waals surface area (Å²) in [6, 6.07) is 10.3. The van der Waals surface area contributed by atoms with Gasteiger partial charge in [-0.3, -0.25) is 4.79 Å². The molecule has 0 aromatic heterocycles. The van der Waals surface area contributed by atoms with Crippen molar-refractivity contribution >= 4 is 11.6 Å². The maximum atomic E-state index is 11.6. The lowest BCUT2D eigenvalue weighted by atomic mass is 10.0. The van der Waals surface area contributed by atoms with Crippen LogP contribution in [0.15, 0.2) is 30.3 Å². The summed E-state index contributed by atoms with van der Waals surface area (Å²) in [5.41, 5.74) is 6.60. The van der Waals surface area contributed by atoms with Crippen molar-refractivity contribution in [1.29, 1.82) is 0 Å². The molecule has 0 unspecified atom stereocenters. The maximum Gasteiger partial charge on any atom is 0.221 e. The Hall–Kier alpha value is -1.55. The van der Waals surface area contributed by atoms with Crippen molar-refractivity contribution in [1.82, 2.24) is 5.32 Å². The zero-order valence-corrected chi connectivity index (χ0v) is 12.9. The first kappa shape index (κ1) is 16.5. The third kappa shape index (κ3) is 6.57. The fourth-order valence-corrected chi connectivity index (χ4v) is 2.08. The highest BCUT2D eigenvalue weighted by Gasteiger charge is 2.15. The molecule has 3 N–H and O–H groups in total. The highest BCUT2D eigenvalue weighted by molar-refractivity contribution is 5.77. The van der Waals surface area contributed by atoms with Crippen LogP contribution in [0.4, 0.5) is 5.69 Å². The van der Waals surface area contributed by atoms with Gasteiger partial charge in [-0.15, -0.1) is 0 Å². The molecule has 0 aliphatic rings. The fraction of sp³-hybridized carbons (Fsp3) is 0.562. The number of carbonyl (C=O) groups excluding carboxylic acids is 1. The monoisotopic (exact) mass is 277 g/mol. The summed E-state index contributed by atoms with van der Waals surface area (Å²) in [4.78, 5) is 13.9. The van der Waals surface area contributed by atoms with E-state index in [2.05, 4.69) is 29.3 Å². The average molecular weight is 277 g/mol. The molecular formula is C16H27N3O. The zero-order valence-electron chi connectivity index (χ0n) is 12.9. The highest BCUT2D eigenvalue weighted by atomic mass is 16.1. The zero-order chi connectivity index (χ0) is 15.0. The van der Waals surface area contributed by atoms with Gasteiger partial charge in [0.25, 0.3) is 0 Å². The quantitative estimate of drug-likeness (QED) is 0.716. The topological polar surface area (TPSA) is 58.4 Å². The molecule has 0 bridgehead atoms. The summed E-state index contributed by atoms with van der Waals surface area (Å²) in [5.74, 6) is 0.0280. The van der Waals surface area contributed by atoms with Crippen LogP contribution in [0.25, 0.3) is 0 Å². The molecule has 1 aromatic rings. The van der Waals surface area contributed by atoms with Crippen LogP contribution in [-0.2, 0) is 4.79 Å². The van der Waals surface area contributed by atoms with Crippen LogP contribution < -0.4 is 16.0 Å². The summed E-state index contributed by atoms with van der Waals surface area (Å²) in [5, 5.41) is 2.92. The first-order valence-electron chi connectivity index (χ1n) is 7.28. The van der Waals surface area contributed by atoms with E-state index >= 15 is 0 Å². The molecule has 0 saturated heterocycles. The minimum Gasteiger partial charge on any atom is -0.372 e. The van der Waals surface area contributed by atoms with Gasteiger partial charge in [-0.1, -0.05) is 18.2 Å². The summed E-state index contributed by atoms with van der Waals surface area (Å²) < 4.78 is 0. The standard InChI is InChI=1S/C16H27N3O/c1-4-19(14-9-6-5-7-10-14)12-8-11-18-15(20)13-16(2,3)17/h5-7,9-10H,4,8,11-13,17H2,1-3H3,(H,18,20). The molecule has 0 aliphatic carbocycles. The van der Waals surface area contributed by atoms with Crippen molar-refractivity contribution in [2.75, 3.05) is 24.5 Å². The molecule has 20 heavy (non-hydrogen) atoms. The molecule has 4 heteroatoms. The largest absolute Gasteiger partial charge is 0.372 e. The Bertz CT molecular complexity index is 398. The van der Waals surface area contributed by atoms with E-state index in [1.165, 1.54) is 5.69 Å². The number of nitrogens with zero attached hydrogens (tertiary/aromatic N) is 1. The van der Waals surface area contributed by atoms with Crippen LogP contribution >= 0.6 is 0 Å². The van der Waals surface area contributed by atoms with Gasteiger partial charge in [-0.25, -0.2) is 0 Å². The first-order chi connectivity index (χ1) is 9.42. The summed E-state index contributed by atoms with van der Waals surface area (Å²) >= 11 is 0. The predicted octanol–water partition coefficient (Wildman–Crippen LogP) is 2.15. The molecule has 0 heterocycles. The predicted molar refractivity (Wildman–Crippen MR) is 84.8 cm³/mol. The Balaban J connectivity index is 2.28. The molecule has 4 nitrogen and oxygen atoms in total. The number of amides is 1. The Morgan fingerprint density at radius 2 is 1.95 bits per heavy atom. The molecule has 0 spiro atoms. The van der Waals surface area contributed by atoms with Gasteiger partial charge in [0, 0.05) is 37.3 Å². The maximum absolute atomic E-state index is 11.6. The Morgan fingerprint density at radius 3 is 2.50 bits per heavy atom. The van der Waals surface area contributed by atoms with E-state index in [4.69, 9.17) is 5.73 Å². The van der Waals surface area contributed by atoms with E-state index in [9.17, 15) is 4.79 Å². The van der Waals surface area contributed by atoms with Gasteiger partial charge >= 0.3 is 0 Å². The Kier molecular flexibility index (Phi) is 6.52. The summed E-state index contributed by atoms with van der Waals surface area (Å²) in [6.07, 6.45) is 1.29. The van der Waals surface area contributed by atoms with Crippen LogP contribution in [0.3, 0.4) is 0 Å². The van der Waals surface area contributed by atoms with E-state index in [-0.39, 0.29) is 5.91 Å². The van der Waals surface area contributed by atoms with Crippen LogP contribution in [0.1, 0.15) is 33.6 Å². The molecule has 0 saturated carbocycles. The lowest BCUT2D eigenvalue weighted by Gasteiger charge is -2.23. The third-order valence-electron chi connectivity index (χ3n) is 3.05. The van der Waals surface area contributed by atoms with Gasteiger partial charge in [-0.2, -0.15) is 0 Å². The van der Waals surface area contributed by atoms with Gasteiger partial charge in [0.15, 0.2) is 0 Å². The molecular weight excluding hydrogens is 250 g/mol. The molecule has 0 fully saturated rings. The molecule has 0 atom stereocenters. The Labute approximate surface area is 122 Å². The molecule has 1 rings (SSSR count). The van der Waals surface area contributed by atoms with E-state index in [1.54, 1.807) is 0 Å². The number of carbonyl (C=O) groups is 1. The van der Waals surface area contributed by atoms with Crippen molar-refractivity contribution < 1.29 is 4.79 Å². The van der Waals surface area contributed by atoms with Crippen LogP contribution in [0.5, 0.6) is 0 Å². The number of nitrogens with one attached hydrogen (secondary N) is 1. The minimum atomic E-state index is -0.441. The van der Waals surface area contributed by atoms with Gasteiger partial charge in [0.2, 0.25) is 5.91 Å². The number of benzene rings is 1. The second-order valence-electron chi connectivity index (χ2n) is 5.78. The van der Waals surface area contributed by atoms with Crippen molar-refractivity contribution in [2.45, 2.75) is 39.2 Å². The lowest BCUT2D eigenvalue weighted by Crippen LogP contribution is -2.39. The molecule has 0 radical (unpaired) electrons. The van der Waals surface area contributed by atoms with E-state index < -0.39 is 5.54 Å². The summed E-state index contributed by atoms with van der Waals surface area (Å²) in [6.45, 7) is 8.46. The van der Waals surface area contributed by atoms with Crippen molar-refractivity contribution in [3.8, 4) is 0 Å². The minimum absolute atomic E-state index is 0.0280. The molecule has 1 amide bonds. The second kappa shape index (κ2) is 7.90. The van der Waals surface area contributed by atoms with Gasteiger partial charge < -0.3 is 16.0 Å². The SMILES string of the molecule is CCN(CCCNC(=O)CC(C)(C)N)c1ccccc1. The van der Waals surface area contributed by atoms with Gasteiger partial charge in [0.05, 0.1) is 0 Å². The van der Waals surface area contributed by atoms with E-state index in [0.717, 1.165) is 19.5 Å². The van der Waals surface area contributed by atoms with Crippen LogP contribution in [0.2, 0.25) is 0 Å². The van der Waals surface area contributed by atoms with Crippen molar-refractivity contribution in [2.24, 2.45) is 5.73 Å². The lowest BCUT2D eigenvalue weighted by molar-refractivity contribution is -0.121. The highest BCUT2D eigenvalue weighted by Crippen LogP contribution is 2.12. The number of para-hydroxylation sites is 1. The van der Waals surface area contributed by atoms with Crippen molar-refractivity contribution in [3.05, 3.63) is 30.3 Å². The van der Waals surface area contributed by atoms with Gasteiger partial charge in [-0.05, 0) is 39.3 Å². The Morgan fingerprint density at radius 1 is 1.30 bits per heavy atom. The second-order valence-corrected chi connectivity index (χ2v) is 5.78. The third-order valence-corrected chi connectivity index (χ3v) is 3.05. The number of hydrogen-bond donors (Lipinski definition) is 2. The number of nitrogens with two attached hydrogens (primary N) is 1. The first-order valence-corrected chi connectivity index (χ1v) is 7.28. The smallest absolute Gasteiger partial charge is 0.221 e. The molecule has 0 aliphatic heterocycles. The van der Waals surface area contributed by atoms with Crippen LogP contribution in [0, 0.1) is 0 Å². The summed E-state index contributed by atoms with van der Waals surface area (Å²) in [7, 11) is 0. The number of hydrogen-bond acceptors (Lipinski definition) is 3. The van der Waals surface area contributed by atoms with Crippen LogP contribution in [-0.4, -0.2) is 31.1 Å². The van der Waals surface area contributed by atoms with Gasteiger partial charge in [0.1, 0.15) is 0 Å². The van der Waals surface area contributed by atoms with E-state index in [1.807, 2.05) is 32.0 Å². The average Bonchev–Trinajstić information content (AvgIpc) is 2.38. The number of rotatable bonds is 8. The fourth-order valence-electron chi connectivity index (χ4n) is 2.08. The normalized spacial score (nSPS) is 11.2. The van der Waals surface area contributed by atoms with E-state index in [0.29, 0.717) is 13.0 Å². The molecule has 112 valence electrons. The number of anilines is 1.